The van der Waals surface area contributed by atoms with Crippen LogP contribution in [-0.4, -0.2) is 41.4 Å². The number of para-hydroxylation sites is 1. The molecule has 2 aliphatic rings. The largest absolute Gasteiger partial charge is 0.350 e. The van der Waals surface area contributed by atoms with Gasteiger partial charge in [0.1, 0.15) is 0 Å². The number of hydrogen-bond donors (Lipinski definition) is 1. The summed E-state index contributed by atoms with van der Waals surface area (Å²) >= 11 is 0. The van der Waals surface area contributed by atoms with Crippen molar-refractivity contribution in [1.29, 1.82) is 0 Å². The molecule has 1 atom stereocenters. The summed E-state index contributed by atoms with van der Waals surface area (Å²) in [5.41, 5.74) is 2.54. The van der Waals surface area contributed by atoms with Gasteiger partial charge in [0.05, 0.1) is 18.2 Å². The maximum Gasteiger partial charge on any atom is 0.227 e. The van der Waals surface area contributed by atoms with Gasteiger partial charge >= 0.3 is 0 Å². The van der Waals surface area contributed by atoms with Crippen LogP contribution in [0.15, 0.2) is 36.4 Å². The fourth-order valence-corrected chi connectivity index (χ4v) is 4.01. The molecule has 0 radical (unpaired) electrons. The van der Waals surface area contributed by atoms with Gasteiger partial charge in [-0.25, -0.2) is 9.97 Å². The summed E-state index contributed by atoms with van der Waals surface area (Å²) in [6, 6.07) is 11.4. The van der Waals surface area contributed by atoms with Gasteiger partial charge in [-0.2, -0.15) is 0 Å². The van der Waals surface area contributed by atoms with Crippen LogP contribution in [0.4, 0.5) is 11.6 Å². The van der Waals surface area contributed by atoms with Crippen molar-refractivity contribution in [3.8, 4) is 0 Å². The summed E-state index contributed by atoms with van der Waals surface area (Å²) in [5, 5.41) is 2.96. The first-order chi connectivity index (χ1) is 14.1. The van der Waals surface area contributed by atoms with E-state index in [1.54, 1.807) is 4.90 Å². The number of carbonyl (C=O) groups is 2. The van der Waals surface area contributed by atoms with Crippen molar-refractivity contribution in [3.05, 3.63) is 47.8 Å². The number of aromatic nitrogens is 2. The van der Waals surface area contributed by atoms with Crippen molar-refractivity contribution < 1.29 is 9.59 Å². The van der Waals surface area contributed by atoms with Crippen molar-refractivity contribution in [1.82, 2.24) is 15.3 Å². The minimum absolute atomic E-state index is 0.0124. The second-order valence-electron chi connectivity index (χ2n) is 7.81. The van der Waals surface area contributed by atoms with Gasteiger partial charge in [0.15, 0.2) is 0 Å². The Hall–Kier alpha value is -2.96. The lowest BCUT2D eigenvalue weighted by Crippen LogP contribution is -2.34. The van der Waals surface area contributed by atoms with E-state index in [0.717, 1.165) is 49.0 Å². The molecule has 2 fully saturated rings. The first-order valence-electron chi connectivity index (χ1n) is 10.3. The Kier molecular flexibility index (Phi) is 5.74. The molecule has 1 unspecified atom stereocenters. The number of anilines is 2. The Morgan fingerprint density at radius 2 is 1.90 bits per heavy atom. The Bertz CT molecular complexity index is 880. The van der Waals surface area contributed by atoms with Crippen molar-refractivity contribution in [2.75, 3.05) is 29.4 Å². The summed E-state index contributed by atoms with van der Waals surface area (Å²) in [7, 11) is 0. The van der Waals surface area contributed by atoms with Gasteiger partial charge in [-0.3, -0.25) is 9.59 Å². The Balaban J connectivity index is 1.37. The van der Waals surface area contributed by atoms with Crippen LogP contribution >= 0.6 is 0 Å². The highest BCUT2D eigenvalue weighted by Gasteiger charge is 2.35. The molecular formula is C22H27N5O2. The van der Waals surface area contributed by atoms with E-state index >= 15 is 0 Å². The Labute approximate surface area is 171 Å². The van der Waals surface area contributed by atoms with E-state index in [9.17, 15) is 9.59 Å². The Morgan fingerprint density at radius 1 is 1.14 bits per heavy atom. The highest BCUT2D eigenvalue weighted by molar-refractivity contribution is 6.00. The number of nitrogens with zero attached hydrogens (tertiary/aromatic N) is 4. The number of rotatable bonds is 5. The second kappa shape index (κ2) is 8.59. The molecule has 1 aromatic carbocycles. The van der Waals surface area contributed by atoms with Crippen LogP contribution in [0.25, 0.3) is 0 Å². The molecule has 2 amide bonds. The topological polar surface area (TPSA) is 78.4 Å². The lowest BCUT2D eigenvalue weighted by atomic mass is 10.1. The van der Waals surface area contributed by atoms with Gasteiger partial charge in [0.25, 0.3) is 0 Å². The number of benzene rings is 1. The molecule has 4 rings (SSSR count). The number of carbonyl (C=O) groups excluding carboxylic acids is 2. The zero-order valence-electron chi connectivity index (χ0n) is 16.8. The van der Waals surface area contributed by atoms with Crippen LogP contribution < -0.4 is 15.1 Å². The fraction of sp³-hybridized carbons (Fsp3) is 0.455. The molecular weight excluding hydrogens is 366 g/mol. The van der Waals surface area contributed by atoms with Crippen LogP contribution in [0.1, 0.15) is 37.1 Å². The maximum absolute atomic E-state index is 12.7. The molecule has 3 heterocycles. The summed E-state index contributed by atoms with van der Waals surface area (Å²) < 4.78 is 0. The fourth-order valence-electron chi connectivity index (χ4n) is 4.01. The summed E-state index contributed by atoms with van der Waals surface area (Å²) in [6.45, 7) is 4.67. The molecule has 1 aromatic heterocycles. The quantitative estimate of drug-likeness (QED) is 0.844. The molecule has 7 heteroatoms. The van der Waals surface area contributed by atoms with Crippen LogP contribution in [0, 0.1) is 12.8 Å². The number of piperidine rings is 1. The zero-order valence-corrected chi connectivity index (χ0v) is 16.8. The maximum atomic E-state index is 12.7. The molecule has 0 bridgehead atoms. The molecule has 0 saturated carbocycles. The molecule has 2 aromatic rings. The van der Waals surface area contributed by atoms with Gasteiger partial charge in [-0.15, -0.1) is 0 Å². The number of nitrogens with one attached hydrogen (secondary N) is 1. The second-order valence-corrected chi connectivity index (χ2v) is 7.81. The smallest absolute Gasteiger partial charge is 0.227 e. The lowest BCUT2D eigenvalue weighted by Gasteiger charge is -2.27. The summed E-state index contributed by atoms with van der Waals surface area (Å²) in [4.78, 5) is 38.1. The molecule has 2 aliphatic heterocycles. The van der Waals surface area contributed by atoms with Gasteiger partial charge < -0.3 is 15.1 Å². The van der Waals surface area contributed by atoms with E-state index in [4.69, 9.17) is 0 Å². The normalized spacial score (nSPS) is 19.5. The SMILES string of the molecule is Cc1cc(CNC(=O)C2CC(=O)N(c3ccccc3)C2)nc(N2CCCCC2)n1. The van der Waals surface area contributed by atoms with Gasteiger partial charge in [0, 0.05) is 37.4 Å². The molecule has 2 saturated heterocycles. The first-order valence-corrected chi connectivity index (χ1v) is 10.3. The average Bonchev–Trinajstić information content (AvgIpc) is 3.15. The monoisotopic (exact) mass is 393 g/mol. The van der Waals surface area contributed by atoms with Crippen LogP contribution in [0.3, 0.4) is 0 Å². The van der Waals surface area contributed by atoms with Crippen molar-refractivity contribution in [2.45, 2.75) is 39.2 Å². The summed E-state index contributed by atoms with van der Waals surface area (Å²) in [5.74, 6) is 0.293. The lowest BCUT2D eigenvalue weighted by molar-refractivity contribution is -0.126. The highest BCUT2D eigenvalue weighted by atomic mass is 16.2. The first kappa shape index (κ1) is 19.4. The minimum atomic E-state index is -0.341. The van der Waals surface area contributed by atoms with E-state index < -0.39 is 0 Å². The number of amides is 2. The summed E-state index contributed by atoms with van der Waals surface area (Å²) in [6.07, 6.45) is 3.82. The average molecular weight is 393 g/mol. The van der Waals surface area contributed by atoms with E-state index in [1.165, 1.54) is 6.42 Å². The molecule has 7 nitrogen and oxygen atoms in total. The highest BCUT2D eigenvalue weighted by Crippen LogP contribution is 2.25. The minimum Gasteiger partial charge on any atom is -0.350 e. The number of aryl methyl sites for hydroxylation is 1. The van der Waals surface area contributed by atoms with Crippen molar-refractivity contribution in [3.63, 3.8) is 0 Å². The number of hydrogen-bond acceptors (Lipinski definition) is 5. The van der Waals surface area contributed by atoms with Crippen LogP contribution in [-0.2, 0) is 16.1 Å². The standard InChI is InChI=1S/C22H27N5O2/c1-16-12-18(25-22(24-16)26-10-6-3-7-11-26)14-23-21(29)17-13-20(28)27(15-17)19-8-4-2-5-9-19/h2,4-5,8-9,12,17H,3,6-7,10-11,13-15H2,1H3,(H,23,29). The van der Waals surface area contributed by atoms with Gasteiger partial charge in [-0.1, -0.05) is 18.2 Å². The van der Waals surface area contributed by atoms with E-state index in [2.05, 4.69) is 20.2 Å². The third kappa shape index (κ3) is 4.55. The third-order valence-corrected chi connectivity index (χ3v) is 5.54. The molecule has 0 aliphatic carbocycles. The predicted molar refractivity (Wildman–Crippen MR) is 112 cm³/mol. The van der Waals surface area contributed by atoms with Crippen molar-refractivity contribution in [2.24, 2.45) is 5.92 Å². The predicted octanol–water partition coefficient (Wildman–Crippen LogP) is 2.44. The zero-order chi connectivity index (χ0) is 20.2. The van der Waals surface area contributed by atoms with Crippen molar-refractivity contribution >= 4 is 23.5 Å². The van der Waals surface area contributed by atoms with Crippen LogP contribution in [0.2, 0.25) is 0 Å². The van der Waals surface area contributed by atoms with E-state index in [0.29, 0.717) is 13.1 Å². The molecule has 152 valence electrons. The molecule has 1 N–H and O–H groups in total. The Morgan fingerprint density at radius 3 is 2.66 bits per heavy atom. The van der Waals surface area contributed by atoms with Gasteiger partial charge in [0.2, 0.25) is 17.8 Å². The van der Waals surface area contributed by atoms with E-state index in [1.807, 2.05) is 43.3 Å². The van der Waals surface area contributed by atoms with E-state index in [-0.39, 0.29) is 24.2 Å². The third-order valence-electron chi connectivity index (χ3n) is 5.54. The van der Waals surface area contributed by atoms with Crippen LogP contribution in [0.5, 0.6) is 0 Å². The molecule has 29 heavy (non-hydrogen) atoms. The van der Waals surface area contributed by atoms with Gasteiger partial charge in [-0.05, 0) is 44.4 Å². The molecule has 0 spiro atoms.